The van der Waals surface area contributed by atoms with Crippen molar-refractivity contribution < 1.29 is 27.6 Å². The van der Waals surface area contributed by atoms with Crippen molar-refractivity contribution in [1.29, 1.82) is 0 Å². The lowest BCUT2D eigenvalue weighted by atomic mass is 10.3. The Hall–Kier alpha value is -3.96. The van der Waals surface area contributed by atoms with Gasteiger partial charge in [0.1, 0.15) is 17.8 Å². The molecule has 0 bridgehead atoms. The van der Waals surface area contributed by atoms with Gasteiger partial charge in [-0.2, -0.15) is 4.98 Å². The van der Waals surface area contributed by atoms with Crippen molar-refractivity contribution >= 4 is 17.2 Å². The molecular weight excluding hydrogens is 383 g/mol. The fourth-order valence-electron chi connectivity index (χ4n) is 2.09. The molecule has 0 aliphatic rings. The average molecular weight is 393 g/mol. The van der Waals surface area contributed by atoms with Gasteiger partial charge in [0.15, 0.2) is 0 Å². The molecule has 0 aliphatic carbocycles. The molecule has 0 unspecified atom stereocenters. The maximum Gasteiger partial charge on any atom is 0.573 e. The summed E-state index contributed by atoms with van der Waals surface area (Å²) in [7, 11) is 0. The summed E-state index contributed by atoms with van der Waals surface area (Å²) in [6.07, 6.45) is -0.931. The van der Waals surface area contributed by atoms with Crippen molar-refractivity contribution in [2.24, 2.45) is 0 Å². The Morgan fingerprint density at radius 3 is 2.43 bits per heavy atom. The number of nitrogens with one attached hydrogen (secondary N) is 1. The van der Waals surface area contributed by atoms with Crippen LogP contribution in [0.4, 0.5) is 30.4 Å². The summed E-state index contributed by atoms with van der Waals surface area (Å²) in [6.45, 7) is 0. The highest BCUT2D eigenvalue weighted by Gasteiger charge is 2.31. The molecule has 1 N–H and O–H groups in total. The summed E-state index contributed by atoms with van der Waals surface area (Å²) in [5.41, 5.74) is -0.314. The molecular formula is C16H10F3N5O4. The first kappa shape index (κ1) is 18.8. The minimum absolute atomic E-state index is 0.205. The Bertz CT molecular complexity index is 968. The van der Waals surface area contributed by atoms with E-state index in [1.807, 2.05) is 0 Å². The Morgan fingerprint density at radius 2 is 1.82 bits per heavy atom. The molecule has 28 heavy (non-hydrogen) atoms. The summed E-state index contributed by atoms with van der Waals surface area (Å²) in [5.74, 6) is -0.740. The monoisotopic (exact) mass is 393 g/mol. The molecule has 2 aromatic heterocycles. The van der Waals surface area contributed by atoms with Crippen LogP contribution in [0.3, 0.4) is 0 Å². The molecule has 144 valence electrons. The van der Waals surface area contributed by atoms with Gasteiger partial charge in [0.25, 0.3) is 0 Å². The lowest BCUT2D eigenvalue weighted by molar-refractivity contribution is -0.385. The SMILES string of the molecule is O=[N+]([O-])c1c(Nc2ccc(OC(F)(F)F)cc2)ncnc1Oc1cccnc1. The van der Waals surface area contributed by atoms with Gasteiger partial charge in [-0.3, -0.25) is 15.1 Å². The van der Waals surface area contributed by atoms with Crippen LogP contribution in [-0.4, -0.2) is 26.2 Å². The fourth-order valence-corrected chi connectivity index (χ4v) is 2.09. The van der Waals surface area contributed by atoms with Crippen molar-refractivity contribution in [3.8, 4) is 17.4 Å². The van der Waals surface area contributed by atoms with Crippen LogP contribution in [-0.2, 0) is 0 Å². The second kappa shape index (κ2) is 7.73. The molecule has 0 aliphatic heterocycles. The first-order valence-electron chi connectivity index (χ1n) is 7.52. The van der Waals surface area contributed by atoms with E-state index in [4.69, 9.17) is 4.74 Å². The smallest absolute Gasteiger partial charge is 0.432 e. The summed E-state index contributed by atoms with van der Waals surface area (Å²) >= 11 is 0. The zero-order chi connectivity index (χ0) is 20.1. The van der Waals surface area contributed by atoms with E-state index in [2.05, 4.69) is 25.0 Å². The van der Waals surface area contributed by atoms with E-state index in [1.165, 1.54) is 30.6 Å². The first-order chi connectivity index (χ1) is 13.3. The van der Waals surface area contributed by atoms with Crippen molar-refractivity contribution in [1.82, 2.24) is 15.0 Å². The maximum atomic E-state index is 12.2. The number of nitro groups is 1. The number of anilines is 2. The normalized spacial score (nSPS) is 11.0. The minimum Gasteiger partial charge on any atom is -0.432 e. The second-order valence-electron chi connectivity index (χ2n) is 5.12. The molecule has 0 radical (unpaired) electrons. The van der Waals surface area contributed by atoms with Crippen molar-refractivity contribution in [3.63, 3.8) is 0 Å². The van der Waals surface area contributed by atoms with Gasteiger partial charge < -0.3 is 14.8 Å². The number of hydrogen-bond donors (Lipinski definition) is 1. The van der Waals surface area contributed by atoms with Crippen LogP contribution in [0, 0.1) is 10.1 Å². The molecule has 3 aromatic rings. The lowest BCUT2D eigenvalue weighted by Crippen LogP contribution is -2.17. The Balaban J connectivity index is 1.85. The van der Waals surface area contributed by atoms with Crippen LogP contribution < -0.4 is 14.8 Å². The van der Waals surface area contributed by atoms with E-state index in [0.29, 0.717) is 0 Å². The molecule has 0 amide bonds. The zero-order valence-electron chi connectivity index (χ0n) is 13.8. The van der Waals surface area contributed by atoms with E-state index in [1.54, 1.807) is 6.07 Å². The van der Waals surface area contributed by atoms with E-state index in [9.17, 15) is 23.3 Å². The third-order valence-corrected chi connectivity index (χ3v) is 3.17. The van der Waals surface area contributed by atoms with Gasteiger partial charge in [0.2, 0.25) is 5.82 Å². The summed E-state index contributed by atoms with van der Waals surface area (Å²) in [5, 5.41) is 14.1. The third-order valence-electron chi connectivity index (χ3n) is 3.17. The molecule has 0 saturated heterocycles. The topological polar surface area (TPSA) is 112 Å². The summed E-state index contributed by atoms with van der Waals surface area (Å²) in [6, 6.07) is 7.70. The largest absolute Gasteiger partial charge is 0.573 e. The zero-order valence-corrected chi connectivity index (χ0v) is 13.8. The van der Waals surface area contributed by atoms with Gasteiger partial charge in [-0.15, -0.1) is 13.2 Å². The number of alkyl halides is 3. The highest BCUT2D eigenvalue weighted by Crippen LogP contribution is 2.35. The molecule has 1 aromatic carbocycles. The van der Waals surface area contributed by atoms with Crippen molar-refractivity contribution in [2.75, 3.05) is 5.32 Å². The van der Waals surface area contributed by atoms with E-state index < -0.39 is 22.7 Å². The number of aromatic nitrogens is 3. The number of nitrogens with zero attached hydrogens (tertiary/aromatic N) is 4. The summed E-state index contributed by atoms with van der Waals surface area (Å²) in [4.78, 5) is 22.1. The second-order valence-corrected chi connectivity index (χ2v) is 5.12. The van der Waals surface area contributed by atoms with Crippen molar-refractivity contribution in [3.05, 3.63) is 65.2 Å². The third kappa shape index (κ3) is 4.81. The number of halogens is 3. The van der Waals surface area contributed by atoms with Gasteiger partial charge in [-0.05, 0) is 36.4 Å². The standard InChI is InChI=1S/C16H10F3N5O4/c17-16(18,19)28-11-5-3-10(4-6-11)23-14-13(24(25)26)15(22-9-21-14)27-12-2-1-7-20-8-12/h1-9H,(H,21,22,23). The quantitative estimate of drug-likeness (QED) is 0.489. The minimum atomic E-state index is -4.82. The molecule has 12 heteroatoms. The number of hydrogen-bond acceptors (Lipinski definition) is 8. The number of ether oxygens (including phenoxy) is 2. The predicted octanol–water partition coefficient (Wildman–Crippen LogP) is 4.21. The van der Waals surface area contributed by atoms with Gasteiger partial charge in [-0.1, -0.05) is 0 Å². The van der Waals surface area contributed by atoms with Crippen LogP contribution in [0.15, 0.2) is 55.1 Å². The fraction of sp³-hybridized carbons (Fsp3) is 0.0625. The Labute approximate surface area is 154 Å². The highest BCUT2D eigenvalue weighted by molar-refractivity contribution is 5.69. The predicted molar refractivity (Wildman–Crippen MR) is 89.4 cm³/mol. The number of benzene rings is 1. The van der Waals surface area contributed by atoms with Crippen LogP contribution in [0.2, 0.25) is 0 Å². The molecule has 0 saturated carbocycles. The highest BCUT2D eigenvalue weighted by atomic mass is 19.4. The van der Waals surface area contributed by atoms with Gasteiger partial charge >= 0.3 is 17.9 Å². The van der Waals surface area contributed by atoms with Gasteiger partial charge in [-0.25, -0.2) is 4.98 Å². The van der Waals surface area contributed by atoms with E-state index in [-0.39, 0.29) is 23.1 Å². The van der Waals surface area contributed by atoms with Crippen molar-refractivity contribution in [2.45, 2.75) is 6.36 Å². The molecule has 0 atom stereocenters. The lowest BCUT2D eigenvalue weighted by Gasteiger charge is -2.11. The first-order valence-corrected chi connectivity index (χ1v) is 7.52. The van der Waals surface area contributed by atoms with E-state index in [0.717, 1.165) is 18.5 Å². The van der Waals surface area contributed by atoms with Crippen LogP contribution in [0.25, 0.3) is 0 Å². The van der Waals surface area contributed by atoms with E-state index >= 15 is 0 Å². The van der Waals surface area contributed by atoms with Gasteiger partial charge in [0.05, 0.1) is 11.1 Å². The van der Waals surface area contributed by atoms with Crippen LogP contribution >= 0.6 is 0 Å². The van der Waals surface area contributed by atoms with Crippen LogP contribution in [0.5, 0.6) is 17.4 Å². The Morgan fingerprint density at radius 1 is 1.07 bits per heavy atom. The number of pyridine rings is 1. The molecule has 0 spiro atoms. The van der Waals surface area contributed by atoms with Gasteiger partial charge in [0, 0.05) is 11.9 Å². The molecule has 2 heterocycles. The molecule has 9 nitrogen and oxygen atoms in total. The Kier molecular flexibility index (Phi) is 5.20. The average Bonchev–Trinajstić information content (AvgIpc) is 2.63. The number of rotatable bonds is 6. The summed E-state index contributed by atoms with van der Waals surface area (Å²) < 4.78 is 45.8. The molecule has 3 rings (SSSR count). The maximum absolute atomic E-state index is 12.2. The van der Waals surface area contributed by atoms with Crippen LogP contribution in [0.1, 0.15) is 0 Å². The molecule has 0 fully saturated rings.